The summed E-state index contributed by atoms with van der Waals surface area (Å²) in [7, 11) is 3.16. The van der Waals surface area contributed by atoms with Gasteiger partial charge in [-0.15, -0.1) is 0 Å². The van der Waals surface area contributed by atoms with Crippen LogP contribution in [-0.4, -0.2) is 51.1 Å². The summed E-state index contributed by atoms with van der Waals surface area (Å²) in [5.41, 5.74) is 0. The summed E-state index contributed by atoms with van der Waals surface area (Å²) >= 11 is 0. The van der Waals surface area contributed by atoms with Crippen molar-refractivity contribution >= 4 is 0 Å². The Morgan fingerprint density at radius 1 is 0.680 bits per heavy atom. The highest BCUT2D eigenvalue weighted by molar-refractivity contribution is 4.58. The number of ether oxygens (including phenoxy) is 3. The lowest BCUT2D eigenvalue weighted by Crippen LogP contribution is -2.53. The normalized spacial score (nSPS) is 12.7. The van der Waals surface area contributed by atoms with Crippen molar-refractivity contribution in [2.45, 2.75) is 91.0 Å². The molecule has 0 heterocycles. The second kappa shape index (κ2) is 14.9. The quantitative estimate of drug-likeness (QED) is 0.145. The maximum atomic E-state index is 12.1. The molecular formula is C20H43NO4. The molecule has 0 saturated heterocycles. The van der Waals surface area contributed by atoms with Crippen LogP contribution in [0.5, 0.6) is 0 Å². The van der Waals surface area contributed by atoms with Crippen molar-refractivity contribution in [1.29, 1.82) is 0 Å². The van der Waals surface area contributed by atoms with Gasteiger partial charge in [-0.25, -0.2) is 0 Å². The topological polar surface area (TPSA) is 50.8 Å². The van der Waals surface area contributed by atoms with Crippen LogP contribution < -0.4 is 0 Å². The third-order valence-corrected chi connectivity index (χ3v) is 4.12. The number of quaternary nitrogens is 1. The van der Waals surface area contributed by atoms with Crippen LogP contribution >= 0.6 is 0 Å². The van der Waals surface area contributed by atoms with Crippen molar-refractivity contribution in [3.63, 3.8) is 0 Å². The van der Waals surface area contributed by atoms with Gasteiger partial charge < -0.3 is 24.1 Å². The van der Waals surface area contributed by atoms with Crippen molar-refractivity contribution in [2.75, 3.05) is 40.5 Å². The summed E-state index contributed by atoms with van der Waals surface area (Å²) in [4.78, 5) is 0. The molecule has 0 radical (unpaired) electrons. The molecule has 0 aromatic rings. The number of rotatable bonds is 18. The van der Waals surface area contributed by atoms with E-state index in [0.29, 0.717) is 19.8 Å². The minimum absolute atomic E-state index is 0.131. The molecule has 0 bridgehead atoms. The zero-order chi connectivity index (χ0) is 19.0. The van der Waals surface area contributed by atoms with Crippen LogP contribution in [0.25, 0.3) is 0 Å². The first kappa shape index (κ1) is 24.8. The molecule has 5 nitrogen and oxygen atoms in total. The highest BCUT2D eigenvalue weighted by Crippen LogP contribution is 2.20. The van der Waals surface area contributed by atoms with Crippen molar-refractivity contribution in [1.82, 2.24) is 0 Å². The molecule has 0 aliphatic carbocycles. The van der Waals surface area contributed by atoms with Gasteiger partial charge in [0, 0.05) is 13.2 Å². The molecule has 152 valence electrons. The summed E-state index contributed by atoms with van der Waals surface area (Å²) in [5.74, 6) is -1.21. The first-order valence-corrected chi connectivity index (χ1v) is 10.3. The number of hydrogen-bond donors (Lipinski definition) is 0. The van der Waals surface area contributed by atoms with Gasteiger partial charge in [-0.1, -0.05) is 64.7 Å². The maximum Gasteiger partial charge on any atom is 0.335 e. The smallest absolute Gasteiger partial charge is 0.335 e. The van der Waals surface area contributed by atoms with E-state index in [0.717, 1.165) is 12.8 Å². The summed E-state index contributed by atoms with van der Waals surface area (Å²) < 4.78 is 16.8. The molecule has 0 saturated carbocycles. The molecule has 25 heavy (non-hydrogen) atoms. The minimum Gasteiger partial charge on any atom is -0.633 e. The van der Waals surface area contributed by atoms with Crippen molar-refractivity contribution in [2.24, 2.45) is 0 Å². The Hall–Kier alpha value is -0.200. The zero-order valence-electron chi connectivity index (χ0n) is 17.5. The lowest BCUT2D eigenvalue weighted by molar-refractivity contribution is -0.858. The van der Waals surface area contributed by atoms with Gasteiger partial charge in [0.15, 0.2) is 6.54 Å². The second-order valence-corrected chi connectivity index (χ2v) is 7.31. The van der Waals surface area contributed by atoms with E-state index in [9.17, 15) is 5.21 Å². The minimum atomic E-state index is -1.21. The standard InChI is InChI=1S/C20H43NO4/c1-6-9-10-11-12-13-14-15-16-17-18-25-20(23-7-2,24-8-3)19-21(4,5)22/h6-19H2,1-5H3. The predicted molar refractivity (Wildman–Crippen MR) is 104 cm³/mol. The summed E-state index contributed by atoms with van der Waals surface area (Å²) in [6.07, 6.45) is 12.8. The molecule has 0 aliphatic heterocycles. The van der Waals surface area contributed by atoms with Crippen molar-refractivity contribution in [3.05, 3.63) is 5.21 Å². The average Bonchev–Trinajstić information content (AvgIpc) is 2.51. The Bertz CT molecular complexity index is 286. The summed E-state index contributed by atoms with van der Waals surface area (Å²) in [6.45, 7) is 7.65. The lowest BCUT2D eigenvalue weighted by atomic mass is 10.1. The fraction of sp³-hybridized carbons (Fsp3) is 1.00. The summed E-state index contributed by atoms with van der Waals surface area (Å²) in [6, 6.07) is 0. The van der Waals surface area contributed by atoms with E-state index in [1.807, 2.05) is 13.8 Å². The Balaban J connectivity index is 3.94. The number of hydroxylamine groups is 3. The molecule has 0 aromatic heterocycles. The number of unbranched alkanes of at least 4 members (excludes halogenated alkanes) is 9. The van der Waals surface area contributed by atoms with E-state index in [1.54, 1.807) is 14.1 Å². The van der Waals surface area contributed by atoms with Crippen LogP contribution in [0.4, 0.5) is 0 Å². The Morgan fingerprint density at radius 2 is 1.12 bits per heavy atom. The molecule has 0 unspecified atom stereocenters. The molecule has 0 amide bonds. The third-order valence-electron chi connectivity index (χ3n) is 4.12. The SMILES string of the molecule is CCCCCCCCCCCCOC(C[N+](C)(C)[O-])(OCC)OCC. The molecule has 5 heteroatoms. The molecule has 0 N–H and O–H groups in total. The maximum absolute atomic E-state index is 12.1. The summed E-state index contributed by atoms with van der Waals surface area (Å²) in [5, 5.41) is 12.1. The fourth-order valence-electron chi connectivity index (χ4n) is 2.99. The van der Waals surface area contributed by atoms with Gasteiger partial charge in [0.2, 0.25) is 0 Å². The van der Waals surface area contributed by atoms with Gasteiger partial charge in [0.25, 0.3) is 0 Å². The van der Waals surface area contributed by atoms with E-state index in [4.69, 9.17) is 14.2 Å². The second-order valence-electron chi connectivity index (χ2n) is 7.31. The van der Waals surface area contributed by atoms with Crippen LogP contribution in [-0.2, 0) is 14.2 Å². The van der Waals surface area contributed by atoms with Gasteiger partial charge in [-0.2, -0.15) is 0 Å². The fourth-order valence-corrected chi connectivity index (χ4v) is 2.99. The number of hydrogen-bond acceptors (Lipinski definition) is 4. The van der Waals surface area contributed by atoms with Gasteiger partial charge in [-0.3, -0.25) is 0 Å². The van der Waals surface area contributed by atoms with Crippen LogP contribution in [0, 0.1) is 5.21 Å². The molecule has 0 atom stereocenters. The molecular weight excluding hydrogens is 318 g/mol. The monoisotopic (exact) mass is 361 g/mol. The molecule has 0 aliphatic rings. The van der Waals surface area contributed by atoms with E-state index in [2.05, 4.69) is 6.92 Å². The first-order chi connectivity index (χ1) is 11.9. The molecule has 0 spiro atoms. The van der Waals surface area contributed by atoms with Crippen LogP contribution in [0.15, 0.2) is 0 Å². The number of nitrogens with zero attached hydrogens (tertiary/aromatic N) is 1. The van der Waals surface area contributed by atoms with E-state index >= 15 is 0 Å². The van der Waals surface area contributed by atoms with Gasteiger partial charge in [-0.05, 0) is 20.3 Å². The molecule has 0 rings (SSSR count). The highest BCUT2D eigenvalue weighted by Gasteiger charge is 2.38. The van der Waals surface area contributed by atoms with Gasteiger partial charge in [0.1, 0.15) is 0 Å². The molecule has 0 aromatic carbocycles. The van der Waals surface area contributed by atoms with Crippen molar-refractivity contribution < 1.29 is 18.9 Å². The highest BCUT2D eigenvalue weighted by atomic mass is 16.9. The van der Waals surface area contributed by atoms with E-state index in [1.165, 1.54) is 51.4 Å². The zero-order valence-corrected chi connectivity index (χ0v) is 17.5. The van der Waals surface area contributed by atoms with Crippen LogP contribution in [0.3, 0.4) is 0 Å². The third kappa shape index (κ3) is 14.6. The largest absolute Gasteiger partial charge is 0.633 e. The Kier molecular flexibility index (Phi) is 14.8. The molecule has 0 fully saturated rings. The lowest BCUT2D eigenvalue weighted by Gasteiger charge is -2.42. The average molecular weight is 362 g/mol. The van der Waals surface area contributed by atoms with E-state index < -0.39 is 10.6 Å². The van der Waals surface area contributed by atoms with Crippen molar-refractivity contribution in [3.8, 4) is 0 Å². The van der Waals surface area contributed by atoms with Crippen LogP contribution in [0.2, 0.25) is 0 Å². The Labute approximate surface area is 156 Å². The van der Waals surface area contributed by atoms with Crippen LogP contribution in [0.1, 0.15) is 85.0 Å². The Morgan fingerprint density at radius 3 is 1.52 bits per heavy atom. The first-order valence-electron chi connectivity index (χ1n) is 10.3. The van der Waals surface area contributed by atoms with E-state index in [-0.39, 0.29) is 6.54 Å². The van der Waals surface area contributed by atoms with Gasteiger partial charge >= 0.3 is 5.97 Å². The van der Waals surface area contributed by atoms with Gasteiger partial charge in [0.05, 0.1) is 20.7 Å². The predicted octanol–water partition coefficient (Wildman–Crippen LogP) is 5.22. The number of likely N-dealkylation sites (N-methyl/N-ethyl adjacent to an activating group) is 1.